The fourth-order valence-corrected chi connectivity index (χ4v) is 2.32. The molecule has 0 atom stereocenters. The number of aliphatic imine (C=N–C) groups is 1. The van der Waals surface area contributed by atoms with Crippen molar-refractivity contribution < 1.29 is 9.53 Å². The summed E-state index contributed by atoms with van der Waals surface area (Å²) >= 11 is 3.44. The molecule has 0 aliphatic heterocycles. The molecular formula is C19H20BrNO2. The van der Waals surface area contributed by atoms with E-state index in [0.717, 1.165) is 16.5 Å². The lowest BCUT2D eigenvalue weighted by molar-refractivity contribution is -0.137. The molecule has 0 unspecified atom stereocenters. The molecular weight excluding hydrogens is 354 g/mol. The third kappa shape index (κ3) is 5.64. The summed E-state index contributed by atoms with van der Waals surface area (Å²) < 4.78 is 6.35. The van der Waals surface area contributed by atoms with Crippen molar-refractivity contribution in [3.05, 3.63) is 64.1 Å². The van der Waals surface area contributed by atoms with E-state index >= 15 is 0 Å². The number of hydrogen-bond donors (Lipinski definition) is 0. The van der Waals surface area contributed by atoms with Gasteiger partial charge in [-0.2, -0.15) is 0 Å². The van der Waals surface area contributed by atoms with Gasteiger partial charge in [0.1, 0.15) is 5.75 Å². The minimum absolute atomic E-state index is 0.165. The number of halogens is 1. The van der Waals surface area contributed by atoms with Crippen LogP contribution in [0.15, 0.2) is 58.0 Å². The van der Waals surface area contributed by atoms with Crippen LogP contribution in [0.4, 0.5) is 0 Å². The molecule has 0 saturated heterocycles. The summed E-state index contributed by atoms with van der Waals surface area (Å²) in [5.41, 5.74) is 2.05. The molecule has 3 nitrogen and oxygen atoms in total. The highest BCUT2D eigenvalue weighted by Crippen LogP contribution is 2.22. The van der Waals surface area contributed by atoms with E-state index in [1.165, 1.54) is 5.56 Å². The van der Waals surface area contributed by atoms with Crippen molar-refractivity contribution in [1.82, 2.24) is 0 Å². The Labute approximate surface area is 145 Å². The molecule has 0 aliphatic rings. The normalized spacial score (nSPS) is 11.1. The van der Waals surface area contributed by atoms with Crippen molar-refractivity contribution in [2.24, 2.45) is 10.9 Å². The maximum Gasteiger partial charge on any atom is 0.313 e. The molecule has 120 valence electrons. The van der Waals surface area contributed by atoms with Crippen molar-refractivity contribution in [3.8, 4) is 5.75 Å². The van der Waals surface area contributed by atoms with Crippen LogP contribution in [0.25, 0.3) is 0 Å². The lowest BCUT2D eigenvalue weighted by Gasteiger charge is -2.09. The van der Waals surface area contributed by atoms with Crippen molar-refractivity contribution in [2.75, 3.05) is 6.54 Å². The number of nitrogens with zero attached hydrogens (tertiary/aromatic N) is 1. The number of benzene rings is 2. The molecule has 2 aromatic rings. The zero-order valence-electron chi connectivity index (χ0n) is 13.3. The number of ether oxygens (including phenoxy) is 1. The predicted molar refractivity (Wildman–Crippen MR) is 97.2 cm³/mol. The van der Waals surface area contributed by atoms with Gasteiger partial charge in [0.25, 0.3) is 0 Å². The van der Waals surface area contributed by atoms with Crippen LogP contribution in [-0.4, -0.2) is 18.7 Å². The van der Waals surface area contributed by atoms with Crippen LogP contribution < -0.4 is 4.74 Å². The highest BCUT2D eigenvalue weighted by atomic mass is 79.9. The molecule has 0 bridgehead atoms. The molecule has 0 saturated carbocycles. The molecule has 0 heterocycles. The van der Waals surface area contributed by atoms with Gasteiger partial charge in [0, 0.05) is 22.8 Å². The number of esters is 1. The Bertz CT molecular complexity index is 681. The SMILES string of the molecule is CC(C)C(=O)Oc1ccc(Br)cc1C=NCCc1ccccc1. The third-order valence-corrected chi connectivity index (χ3v) is 3.75. The Morgan fingerprint density at radius 1 is 1.22 bits per heavy atom. The third-order valence-electron chi connectivity index (χ3n) is 3.26. The first kappa shape index (κ1) is 17.4. The summed E-state index contributed by atoms with van der Waals surface area (Å²) in [6, 6.07) is 15.8. The summed E-state index contributed by atoms with van der Waals surface area (Å²) in [7, 11) is 0. The predicted octanol–water partition coefficient (Wildman–Crippen LogP) is 4.67. The molecule has 0 fully saturated rings. The minimum Gasteiger partial charge on any atom is -0.426 e. The zero-order chi connectivity index (χ0) is 16.7. The first-order valence-electron chi connectivity index (χ1n) is 7.61. The van der Waals surface area contributed by atoms with E-state index in [0.29, 0.717) is 12.3 Å². The van der Waals surface area contributed by atoms with Gasteiger partial charge in [-0.3, -0.25) is 9.79 Å². The van der Waals surface area contributed by atoms with Crippen LogP contribution in [0.2, 0.25) is 0 Å². The smallest absolute Gasteiger partial charge is 0.313 e. The van der Waals surface area contributed by atoms with E-state index in [1.807, 2.05) is 44.2 Å². The Balaban J connectivity index is 2.04. The van der Waals surface area contributed by atoms with Gasteiger partial charge in [-0.1, -0.05) is 60.1 Å². The monoisotopic (exact) mass is 373 g/mol. The topological polar surface area (TPSA) is 38.7 Å². The average Bonchev–Trinajstić information content (AvgIpc) is 2.54. The molecule has 0 aliphatic carbocycles. The highest BCUT2D eigenvalue weighted by Gasteiger charge is 2.12. The number of carbonyl (C=O) groups is 1. The molecule has 23 heavy (non-hydrogen) atoms. The Morgan fingerprint density at radius 2 is 1.96 bits per heavy atom. The minimum atomic E-state index is -0.244. The lowest BCUT2D eigenvalue weighted by Crippen LogP contribution is -2.15. The van der Waals surface area contributed by atoms with Crippen molar-refractivity contribution in [1.29, 1.82) is 0 Å². The molecule has 0 aromatic heterocycles. The fourth-order valence-electron chi connectivity index (χ4n) is 1.94. The largest absolute Gasteiger partial charge is 0.426 e. The standard InChI is InChI=1S/C19H20BrNO2/c1-14(2)19(22)23-18-9-8-17(20)12-16(18)13-21-11-10-15-6-4-3-5-7-15/h3-9,12-14H,10-11H2,1-2H3. The van der Waals surface area contributed by atoms with Crippen molar-refractivity contribution in [2.45, 2.75) is 20.3 Å². The Morgan fingerprint density at radius 3 is 2.65 bits per heavy atom. The highest BCUT2D eigenvalue weighted by molar-refractivity contribution is 9.10. The molecule has 2 aromatic carbocycles. The summed E-state index contributed by atoms with van der Waals surface area (Å²) in [5.74, 6) is 0.128. The maximum absolute atomic E-state index is 11.8. The number of rotatable bonds is 6. The maximum atomic E-state index is 11.8. The van der Waals surface area contributed by atoms with Gasteiger partial charge in [-0.15, -0.1) is 0 Å². The first-order chi connectivity index (χ1) is 11.1. The molecule has 0 N–H and O–H groups in total. The molecule has 0 radical (unpaired) electrons. The average molecular weight is 374 g/mol. The Kier molecular flexibility index (Phi) is 6.53. The lowest BCUT2D eigenvalue weighted by atomic mass is 10.1. The second kappa shape index (κ2) is 8.63. The van der Waals surface area contributed by atoms with Crippen molar-refractivity contribution in [3.63, 3.8) is 0 Å². The molecule has 0 amide bonds. The quantitative estimate of drug-likeness (QED) is 0.419. The van der Waals surface area contributed by atoms with Gasteiger partial charge in [0.05, 0.1) is 5.92 Å². The fraction of sp³-hybridized carbons (Fsp3) is 0.263. The molecule has 0 spiro atoms. The van der Waals surface area contributed by atoms with E-state index in [9.17, 15) is 4.79 Å². The van der Waals surface area contributed by atoms with E-state index in [4.69, 9.17) is 4.74 Å². The van der Waals surface area contributed by atoms with Crippen LogP contribution in [0.1, 0.15) is 25.0 Å². The number of hydrogen-bond acceptors (Lipinski definition) is 3. The van der Waals surface area contributed by atoms with Crippen LogP contribution in [0.5, 0.6) is 5.75 Å². The summed E-state index contributed by atoms with van der Waals surface area (Å²) in [6.45, 7) is 4.32. The summed E-state index contributed by atoms with van der Waals surface area (Å²) in [5, 5.41) is 0. The molecule has 4 heteroatoms. The van der Waals surface area contributed by atoms with E-state index < -0.39 is 0 Å². The van der Waals surface area contributed by atoms with Gasteiger partial charge >= 0.3 is 5.97 Å². The van der Waals surface area contributed by atoms with Gasteiger partial charge < -0.3 is 4.74 Å². The van der Waals surface area contributed by atoms with E-state index in [-0.39, 0.29) is 11.9 Å². The molecule has 2 rings (SSSR count). The second-order valence-electron chi connectivity index (χ2n) is 5.53. The zero-order valence-corrected chi connectivity index (χ0v) is 14.9. The van der Waals surface area contributed by atoms with Crippen LogP contribution in [0, 0.1) is 5.92 Å². The Hall–Kier alpha value is -1.94. The summed E-state index contributed by atoms with van der Waals surface area (Å²) in [4.78, 5) is 16.2. The number of carbonyl (C=O) groups excluding carboxylic acids is 1. The van der Waals surface area contributed by atoms with E-state index in [1.54, 1.807) is 12.3 Å². The van der Waals surface area contributed by atoms with Crippen LogP contribution in [-0.2, 0) is 11.2 Å². The van der Waals surface area contributed by atoms with Crippen LogP contribution >= 0.6 is 15.9 Å². The van der Waals surface area contributed by atoms with Crippen LogP contribution in [0.3, 0.4) is 0 Å². The van der Waals surface area contributed by atoms with E-state index in [2.05, 4.69) is 33.1 Å². The van der Waals surface area contributed by atoms with Gasteiger partial charge in [0.2, 0.25) is 0 Å². The van der Waals surface area contributed by atoms with Gasteiger partial charge in [0.15, 0.2) is 0 Å². The van der Waals surface area contributed by atoms with Gasteiger partial charge in [-0.25, -0.2) is 0 Å². The van der Waals surface area contributed by atoms with Gasteiger partial charge in [-0.05, 0) is 30.2 Å². The first-order valence-corrected chi connectivity index (χ1v) is 8.40. The second-order valence-corrected chi connectivity index (χ2v) is 6.44. The summed E-state index contributed by atoms with van der Waals surface area (Å²) in [6.07, 6.45) is 2.64. The van der Waals surface area contributed by atoms with Crippen molar-refractivity contribution >= 4 is 28.1 Å².